The summed E-state index contributed by atoms with van der Waals surface area (Å²) in [4.78, 5) is 25.1. The minimum absolute atomic E-state index is 0.233. The van der Waals surface area contributed by atoms with Gasteiger partial charge < -0.3 is 9.64 Å². The predicted molar refractivity (Wildman–Crippen MR) is 120 cm³/mol. The summed E-state index contributed by atoms with van der Waals surface area (Å²) in [6.07, 6.45) is 5.46. The highest BCUT2D eigenvalue weighted by molar-refractivity contribution is 6.29. The normalized spacial score (nSPS) is 15.4. The lowest BCUT2D eigenvalue weighted by molar-refractivity contribution is 0.0142. The van der Waals surface area contributed by atoms with Crippen LogP contribution in [0.5, 0.6) is 0 Å². The summed E-state index contributed by atoms with van der Waals surface area (Å²) in [5.41, 5.74) is 3.06. The number of ether oxygens (including phenoxy) is 1. The molecule has 4 heterocycles. The Morgan fingerprint density at radius 3 is 2.58 bits per heavy atom. The Balaban J connectivity index is 1.31. The minimum atomic E-state index is -0.463. The van der Waals surface area contributed by atoms with Crippen molar-refractivity contribution in [1.82, 2.24) is 29.5 Å². The van der Waals surface area contributed by atoms with Crippen molar-refractivity contribution >= 4 is 28.7 Å². The summed E-state index contributed by atoms with van der Waals surface area (Å²) >= 11 is 6.00. The number of carbonyl (C=O) groups excluding carboxylic acids is 1. The molecular formula is C22H27ClN6O2. The Kier molecular flexibility index (Phi) is 6.11. The molecule has 1 fully saturated rings. The van der Waals surface area contributed by atoms with Crippen molar-refractivity contribution in [2.24, 2.45) is 0 Å². The van der Waals surface area contributed by atoms with Gasteiger partial charge in [-0.05, 0) is 39.0 Å². The molecule has 0 radical (unpaired) electrons. The van der Waals surface area contributed by atoms with Gasteiger partial charge in [0.15, 0.2) is 0 Å². The van der Waals surface area contributed by atoms with E-state index in [1.165, 1.54) is 0 Å². The minimum Gasteiger partial charge on any atom is -0.444 e. The fourth-order valence-electron chi connectivity index (χ4n) is 3.50. The fraction of sp³-hybridized carbons (Fsp3) is 0.455. The second-order valence-electron chi connectivity index (χ2n) is 8.70. The van der Waals surface area contributed by atoms with E-state index in [0.29, 0.717) is 18.2 Å². The van der Waals surface area contributed by atoms with Gasteiger partial charge in [-0.3, -0.25) is 14.6 Å². The average Bonchev–Trinajstić information content (AvgIpc) is 3.20. The number of piperazine rings is 1. The number of hydrogen-bond donors (Lipinski definition) is 0. The van der Waals surface area contributed by atoms with Crippen molar-refractivity contribution in [1.29, 1.82) is 0 Å². The Morgan fingerprint density at radius 1 is 1.06 bits per heavy atom. The molecular weight excluding hydrogens is 416 g/mol. The van der Waals surface area contributed by atoms with E-state index in [4.69, 9.17) is 16.3 Å². The van der Waals surface area contributed by atoms with Crippen molar-refractivity contribution < 1.29 is 9.53 Å². The molecule has 0 aliphatic carbocycles. The van der Waals surface area contributed by atoms with Crippen LogP contribution >= 0.6 is 11.6 Å². The summed E-state index contributed by atoms with van der Waals surface area (Å²) in [6, 6.07) is 5.58. The van der Waals surface area contributed by atoms with Crippen LogP contribution < -0.4 is 0 Å². The van der Waals surface area contributed by atoms with Crippen LogP contribution in [0.2, 0.25) is 5.15 Å². The lowest BCUT2D eigenvalue weighted by Crippen LogP contribution is -2.50. The van der Waals surface area contributed by atoms with E-state index in [-0.39, 0.29) is 6.09 Å². The van der Waals surface area contributed by atoms with Gasteiger partial charge in [-0.1, -0.05) is 11.6 Å². The zero-order valence-corrected chi connectivity index (χ0v) is 18.8. The molecule has 8 nitrogen and oxygen atoms in total. The first kappa shape index (κ1) is 21.5. The number of nitrogens with zero attached hydrogens (tertiary/aromatic N) is 6. The number of carbonyl (C=O) groups is 1. The third-order valence-electron chi connectivity index (χ3n) is 5.14. The largest absolute Gasteiger partial charge is 0.444 e. The van der Waals surface area contributed by atoms with Gasteiger partial charge in [-0.25, -0.2) is 9.78 Å². The molecule has 1 aliphatic heterocycles. The van der Waals surface area contributed by atoms with Crippen molar-refractivity contribution in [2.45, 2.75) is 32.9 Å². The van der Waals surface area contributed by atoms with Gasteiger partial charge in [-0.15, -0.1) is 0 Å². The van der Waals surface area contributed by atoms with Crippen molar-refractivity contribution in [2.75, 3.05) is 32.7 Å². The van der Waals surface area contributed by atoms with E-state index in [1.807, 2.05) is 56.2 Å². The van der Waals surface area contributed by atoms with E-state index in [1.54, 1.807) is 11.0 Å². The summed E-state index contributed by atoms with van der Waals surface area (Å²) < 4.78 is 7.39. The third-order valence-corrected chi connectivity index (χ3v) is 5.35. The number of rotatable bonds is 4. The molecule has 31 heavy (non-hydrogen) atoms. The van der Waals surface area contributed by atoms with E-state index in [9.17, 15) is 4.79 Å². The van der Waals surface area contributed by atoms with E-state index < -0.39 is 5.60 Å². The predicted octanol–water partition coefficient (Wildman–Crippen LogP) is 3.70. The van der Waals surface area contributed by atoms with Gasteiger partial charge in [0.1, 0.15) is 10.8 Å². The maximum Gasteiger partial charge on any atom is 0.410 e. The number of amides is 1. The van der Waals surface area contributed by atoms with Crippen LogP contribution in [0.1, 0.15) is 20.8 Å². The maximum absolute atomic E-state index is 12.2. The number of pyridine rings is 2. The first-order valence-corrected chi connectivity index (χ1v) is 10.8. The highest BCUT2D eigenvalue weighted by Gasteiger charge is 2.25. The van der Waals surface area contributed by atoms with Crippen LogP contribution in [-0.2, 0) is 11.3 Å². The monoisotopic (exact) mass is 442 g/mol. The first-order valence-electron chi connectivity index (χ1n) is 10.4. The number of aromatic nitrogens is 4. The van der Waals surface area contributed by atoms with Gasteiger partial charge in [0.05, 0.1) is 23.8 Å². The Labute approximate surface area is 186 Å². The summed E-state index contributed by atoms with van der Waals surface area (Å²) in [5, 5.41) is 4.94. The zero-order valence-electron chi connectivity index (χ0n) is 18.1. The van der Waals surface area contributed by atoms with Crippen molar-refractivity contribution in [3.63, 3.8) is 0 Å². The SMILES string of the molecule is CC(C)(C)OC(=O)N1CCN(CCn2cc(-c3cnc4ccc(Cl)nc4c3)cn2)CC1. The topological polar surface area (TPSA) is 76.4 Å². The highest BCUT2D eigenvalue weighted by atomic mass is 35.5. The van der Waals surface area contributed by atoms with Gasteiger partial charge in [0.25, 0.3) is 0 Å². The number of hydrogen-bond acceptors (Lipinski definition) is 6. The average molecular weight is 443 g/mol. The lowest BCUT2D eigenvalue weighted by Gasteiger charge is -2.35. The van der Waals surface area contributed by atoms with Crippen LogP contribution in [0.25, 0.3) is 22.2 Å². The lowest BCUT2D eigenvalue weighted by atomic mass is 10.1. The molecule has 9 heteroatoms. The van der Waals surface area contributed by atoms with Crippen LogP contribution in [0.15, 0.2) is 36.8 Å². The second kappa shape index (κ2) is 8.80. The molecule has 3 aromatic heterocycles. The highest BCUT2D eigenvalue weighted by Crippen LogP contribution is 2.22. The Bertz CT molecular complexity index is 1070. The van der Waals surface area contributed by atoms with Crippen molar-refractivity contribution in [3.8, 4) is 11.1 Å². The summed E-state index contributed by atoms with van der Waals surface area (Å²) in [5.74, 6) is 0. The van der Waals surface area contributed by atoms with E-state index >= 15 is 0 Å². The smallest absolute Gasteiger partial charge is 0.410 e. The summed E-state index contributed by atoms with van der Waals surface area (Å²) in [7, 11) is 0. The van der Waals surface area contributed by atoms with Gasteiger partial charge >= 0.3 is 6.09 Å². The molecule has 1 aliphatic rings. The molecule has 164 valence electrons. The van der Waals surface area contributed by atoms with Crippen LogP contribution in [-0.4, -0.2) is 74.0 Å². The molecule has 0 bridgehead atoms. The van der Waals surface area contributed by atoms with Crippen LogP contribution in [0, 0.1) is 0 Å². The number of fused-ring (bicyclic) bond motifs is 1. The molecule has 0 N–H and O–H groups in total. The Morgan fingerprint density at radius 2 is 1.84 bits per heavy atom. The third kappa shape index (κ3) is 5.51. The van der Waals surface area contributed by atoms with Gasteiger partial charge in [0.2, 0.25) is 0 Å². The van der Waals surface area contributed by atoms with Crippen LogP contribution in [0.4, 0.5) is 4.79 Å². The molecule has 3 aromatic rings. The standard InChI is InChI=1S/C22H27ClN6O2/c1-22(2,3)31-21(30)28-9-6-27(7-10-28)8-11-29-15-17(14-25-29)16-12-19-18(24-13-16)4-5-20(23)26-19/h4-5,12-15H,6-11H2,1-3H3. The molecule has 0 saturated carbocycles. The Hall–Kier alpha value is -2.71. The molecule has 4 rings (SSSR count). The molecule has 0 spiro atoms. The summed E-state index contributed by atoms with van der Waals surface area (Å²) in [6.45, 7) is 10.3. The van der Waals surface area contributed by atoms with Crippen molar-refractivity contribution in [3.05, 3.63) is 41.9 Å². The molecule has 0 aromatic carbocycles. The quantitative estimate of drug-likeness (QED) is 0.573. The molecule has 1 saturated heterocycles. The maximum atomic E-state index is 12.2. The number of halogens is 1. The molecule has 0 unspecified atom stereocenters. The zero-order chi connectivity index (χ0) is 22.0. The first-order chi connectivity index (χ1) is 14.8. The molecule has 1 amide bonds. The second-order valence-corrected chi connectivity index (χ2v) is 9.08. The fourth-order valence-corrected chi connectivity index (χ4v) is 3.65. The van der Waals surface area contributed by atoms with E-state index in [0.717, 1.165) is 48.3 Å². The van der Waals surface area contributed by atoms with Gasteiger partial charge in [0, 0.05) is 56.2 Å². The molecule has 0 atom stereocenters. The van der Waals surface area contributed by atoms with E-state index in [2.05, 4.69) is 20.0 Å². The van der Waals surface area contributed by atoms with Gasteiger partial charge in [-0.2, -0.15) is 5.10 Å². The van der Waals surface area contributed by atoms with Crippen LogP contribution in [0.3, 0.4) is 0 Å².